The number of benzene rings is 1. The van der Waals surface area contributed by atoms with Crippen molar-refractivity contribution < 1.29 is 13.2 Å². The Bertz CT molecular complexity index is 708. The summed E-state index contributed by atoms with van der Waals surface area (Å²) in [7, 11) is -3.70. The highest BCUT2D eigenvalue weighted by Gasteiger charge is 2.12. The summed E-state index contributed by atoms with van der Waals surface area (Å²) in [5, 5.41) is 11.8. The fourth-order valence-electron chi connectivity index (χ4n) is 1.86. The Kier molecular flexibility index (Phi) is 4.39. The minimum Gasteiger partial charge on any atom is -0.348 e. The number of hydrogen-bond acceptors (Lipinski definition) is 4. The Morgan fingerprint density at radius 3 is 2.57 bits per heavy atom. The van der Waals surface area contributed by atoms with Crippen molar-refractivity contribution in [1.82, 2.24) is 15.1 Å². The highest BCUT2D eigenvalue weighted by molar-refractivity contribution is 7.89. The van der Waals surface area contributed by atoms with Gasteiger partial charge in [-0.25, -0.2) is 13.6 Å². The van der Waals surface area contributed by atoms with E-state index < -0.39 is 10.0 Å². The molecule has 1 atom stereocenters. The van der Waals surface area contributed by atoms with Crippen molar-refractivity contribution >= 4 is 15.9 Å². The smallest absolute Gasteiger partial charge is 0.242 e. The number of aromatic nitrogens is 2. The number of primary sulfonamides is 1. The first-order chi connectivity index (χ1) is 9.86. The van der Waals surface area contributed by atoms with Gasteiger partial charge in [-0.1, -0.05) is 12.1 Å². The molecule has 2 aromatic rings. The molecule has 0 spiro atoms. The zero-order valence-electron chi connectivity index (χ0n) is 11.4. The molecule has 0 saturated heterocycles. The van der Waals surface area contributed by atoms with Crippen molar-refractivity contribution in [2.75, 3.05) is 0 Å². The van der Waals surface area contributed by atoms with Gasteiger partial charge in [0.05, 0.1) is 10.9 Å². The van der Waals surface area contributed by atoms with Crippen LogP contribution in [0, 0.1) is 0 Å². The van der Waals surface area contributed by atoms with E-state index in [1.54, 1.807) is 30.6 Å². The third-order valence-electron chi connectivity index (χ3n) is 2.95. The first-order valence-corrected chi connectivity index (χ1v) is 7.80. The average molecular weight is 308 g/mol. The molecule has 0 bridgehead atoms. The third-order valence-corrected chi connectivity index (χ3v) is 3.88. The fourth-order valence-corrected chi connectivity index (χ4v) is 2.37. The summed E-state index contributed by atoms with van der Waals surface area (Å²) >= 11 is 0. The molecule has 8 heteroatoms. The van der Waals surface area contributed by atoms with Crippen LogP contribution in [0.15, 0.2) is 47.6 Å². The number of carbonyl (C=O) groups excluding carboxylic acids is 1. The maximum Gasteiger partial charge on any atom is 0.242 e. The summed E-state index contributed by atoms with van der Waals surface area (Å²) in [6.45, 7) is 1.94. The van der Waals surface area contributed by atoms with Gasteiger partial charge < -0.3 is 5.32 Å². The maximum atomic E-state index is 11.8. The molecule has 0 fully saturated rings. The maximum absolute atomic E-state index is 11.8. The summed E-state index contributed by atoms with van der Waals surface area (Å²) in [6.07, 6.45) is 3.30. The number of nitrogens with two attached hydrogens (primary N) is 1. The van der Waals surface area contributed by atoms with Gasteiger partial charge in [0.2, 0.25) is 15.9 Å². The summed E-state index contributed by atoms with van der Waals surface area (Å²) in [6, 6.07) is 7.57. The zero-order chi connectivity index (χ0) is 15.5. The second-order valence-corrected chi connectivity index (χ2v) is 6.17. The third kappa shape index (κ3) is 4.14. The molecule has 0 saturated carbocycles. The van der Waals surface area contributed by atoms with E-state index >= 15 is 0 Å². The number of amides is 1. The van der Waals surface area contributed by atoms with E-state index in [2.05, 4.69) is 10.4 Å². The van der Waals surface area contributed by atoms with Gasteiger partial charge in [0.15, 0.2) is 0 Å². The Morgan fingerprint density at radius 2 is 2.05 bits per heavy atom. The number of nitrogens with one attached hydrogen (secondary N) is 1. The largest absolute Gasteiger partial charge is 0.348 e. The molecule has 112 valence electrons. The molecular weight excluding hydrogens is 292 g/mol. The van der Waals surface area contributed by atoms with E-state index in [1.807, 2.05) is 6.92 Å². The summed E-state index contributed by atoms with van der Waals surface area (Å²) in [4.78, 5) is 11.9. The lowest BCUT2D eigenvalue weighted by atomic mass is 10.1. The van der Waals surface area contributed by atoms with Gasteiger partial charge in [-0.05, 0) is 30.7 Å². The minimum absolute atomic E-state index is 0.0429. The van der Waals surface area contributed by atoms with Crippen LogP contribution < -0.4 is 10.5 Å². The second-order valence-electron chi connectivity index (χ2n) is 4.61. The summed E-state index contributed by atoms with van der Waals surface area (Å²) in [5.74, 6) is -0.179. The van der Waals surface area contributed by atoms with Crippen molar-refractivity contribution in [2.45, 2.75) is 24.4 Å². The Hall–Kier alpha value is -2.19. The standard InChI is InChI=1S/C13H16N4O3S/c1-10(16-13(18)9-17-8-2-7-15-17)11-3-5-12(6-4-11)21(14,19)20/h2-8,10H,9H2,1H3,(H,16,18)(H2,14,19,20). The Labute approximate surface area is 122 Å². The van der Waals surface area contributed by atoms with Gasteiger partial charge in [-0.3, -0.25) is 9.48 Å². The van der Waals surface area contributed by atoms with E-state index in [9.17, 15) is 13.2 Å². The van der Waals surface area contributed by atoms with Crippen molar-refractivity contribution in [2.24, 2.45) is 5.14 Å². The highest BCUT2D eigenvalue weighted by atomic mass is 32.2. The molecule has 0 aliphatic rings. The molecule has 0 aliphatic carbocycles. The number of sulfonamides is 1. The van der Waals surface area contributed by atoms with Crippen LogP contribution in [0.2, 0.25) is 0 Å². The number of nitrogens with zero attached hydrogens (tertiary/aromatic N) is 2. The lowest BCUT2D eigenvalue weighted by molar-refractivity contribution is -0.122. The van der Waals surface area contributed by atoms with Crippen LogP contribution in [-0.2, 0) is 21.4 Å². The first kappa shape index (κ1) is 15.2. The van der Waals surface area contributed by atoms with Gasteiger partial charge in [0.1, 0.15) is 6.54 Å². The van der Waals surface area contributed by atoms with Crippen LogP contribution in [0.4, 0.5) is 0 Å². The van der Waals surface area contributed by atoms with E-state index in [0.29, 0.717) is 0 Å². The average Bonchev–Trinajstić information content (AvgIpc) is 2.90. The van der Waals surface area contributed by atoms with Gasteiger partial charge in [-0.2, -0.15) is 5.10 Å². The molecule has 2 rings (SSSR count). The normalized spacial score (nSPS) is 12.9. The molecule has 1 aromatic carbocycles. The van der Waals surface area contributed by atoms with Crippen molar-refractivity contribution in [3.8, 4) is 0 Å². The van der Waals surface area contributed by atoms with E-state index in [1.165, 1.54) is 16.8 Å². The quantitative estimate of drug-likeness (QED) is 0.834. The van der Waals surface area contributed by atoms with Crippen LogP contribution in [0.1, 0.15) is 18.5 Å². The van der Waals surface area contributed by atoms with Crippen LogP contribution in [-0.4, -0.2) is 24.1 Å². The predicted octanol–water partition coefficient (Wildman–Crippen LogP) is 0.408. The van der Waals surface area contributed by atoms with Crippen LogP contribution in [0.25, 0.3) is 0 Å². The lowest BCUT2D eigenvalue weighted by Gasteiger charge is -2.14. The number of carbonyl (C=O) groups is 1. The molecule has 1 amide bonds. The summed E-state index contributed by atoms with van der Waals surface area (Å²) < 4.78 is 23.9. The molecule has 0 radical (unpaired) electrons. The van der Waals surface area contributed by atoms with E-state index in [0.717, 1.165) is 5.56 Å². The minimum atomic E-state index is -3.70. The molecule has 1 aromatic heterocycles. The molecular formula is C13H16N4O3S. The van der Waals surface area contributed by atoms with Crippen molar-refractivity contribution in [3.63, 3.8) is 0 Å². The van der Waals surface area contributed by atoms with Crippen LogP contribution >= 0.6 is 0 Å². The lowest BCUT2D eigenvalue weighted by Crippen LogP contribution is -2.30. The van der Waals surface area contributed by atoms with E-state index in [-0.39, 0.29) is 23.4 Å². The van der Waals surface area contributed by atoms with Gasteiger partial charge in [0.25, 0.3) is 0 Å². The summed E-state index contributed by atoms with van der Waals surface area (Å²) in [5.41, 5.74) is 0.788. The second kappa shape index (κ2) is 6.06. The van der Waals surface area contributed by atoms with Gasteiger partial charge in [0, 0.05) is 12.4 Å². The molecule has 1 heterocycles. The van der Waals surface area contributed by atoms with Crippen LogP contribution in [0.3, 0.4) is 0 Å². The Balaban J connectivity index is 2.00. The van der Waals surface area contributed by atoms with Gasteiger partial charge in [-0.15, -0.1) is 0 Å². The number of rotatable bonds is 5. The van der Waals surface area contributed by atoms with Gasteiger partial charge >= 0.3 is 0 Å². The van der Waals surface area contributed by atoms with E-state index in [4.69, 9.17) is 5.14 Å². The molecule has 7 nitrogen and oxygen atoms in total. The zero-order valence-corrected chi connectivity index (χ0v) is 12.2. The monoisotopic (exact) mass is 308 g/mol. The van der Waals surface area contributed by atoms with Crippen molar-refractivity contribution in [1.29, 1.82) is 0 Å². The molecule has 1 unspecified atom stereocenters. The SMILES string of the molecule is CC(NC(=O)Cn1cccn1)c1ccc(S(N)(=O)=O)cc1. The Morgan fingerprint density at radius 1 is 1.38 bits per heavy atom. The topological polar surface area (TPSA) is 107 Å². The first-order valence-electron chi connectivity index (χ1n) is 6.26. The molecule has 3 N–H and O–H groups in total. The molecule has 0 aliphatic heterocycles. The fraction of sp³-hybridized carbons (Fsp3) is 0.231. The van der Waals surface area contributed by atoms with Crippen molar-refractivity contribution in [3.05, 3.63) is 48.3 Å². The van der Waals surface area contributed by atoms with Crippen LogP contribution in [0.5, 0.6) is 0 Å². The predicted molar refractivity (Wildman–Crippen MR) is 76.6 cm³/mol. The number of hydrogen-bond donors (Lipinski definition) is 2. The highest BCUT2D eigenvalue weighted by Crippen LogP contribution is 2.15. The molecule has 21 heavy (non-hydrogen) atoms.